The van der Waals surface area contributed by atoms with E-state index in [1.54, 1.807) is 12.4 Å². The molecule has 126 valence electrons. The van der Waals surface area contributed by atoms with E-state index < -0.39 is 0 Å². The fraction of sp³-hybridized carbons (Fsp3) is 0.765. The van der Waals surface area contributed by atoms with E-state index in [9.17, 15) is 0 Å². The van der Waals surface area contributed by atoms with Gasteiger partial charge in [-0.2, -0.15) is 0 Å². The van der Waals surface area contributed by atoms with Crippen molar-refractivity contribution < 1.29 is 9.47 Å². The highest BCUT2D eigenvalue weighted by molar-refractivity contribution is 5.36. The lowest BCUT2D eigenvalue weighted by Gasteiger charge is -2.50. The summed E-state index contributed by atoms with van der Waals surface area (Å²) < 4.78 is 11.8. The van der Waals surface area contributed by atoms with Crippen molar-refractivity contribution in [3.63, 3.8) is 0 Å². The summed E-state index contributed by atoms with van der Waals surface area (Å²) in [5, 5.41) is 0. The van der Waals surface area contributed by atoms with Crippen LogP contribution in [0.25, 0.3) is 0 Å². The minimum Gasteiger partial charge on any atom is -0.381 e. The zero-order valence-electron chi connectivity index (χ0n) is 13.7. The average molecular weight is 318 g/mol. The van der Waals surface area contributed by atoms with E-state index in [0.717, 1.165) is 77.5 Å². The predicted octanol–water partition coefficient (Wildman–Crippen LogP) is 1.33. The summed E-state index contributed by atoms with van der Waals surface area (Å²) in [4.78, 5) is 13.7. The number of aromatic nitrogens is 2. The summed E-state index contributed by atoms with van der Waals surface area (Å²) in [6, 6.07) is 0.663. The van der Waals surface area contributed by atoms with Crippen molar-refractivity contribution in [1.82, 2.24) is 14.9 Å². The van der Waals surface area contributed by atoms with Gasteiger partial charge in [0.15, 0.2) is 0 Å². The molecule has 3 fully saturated rings. The second kappa shape index (κ2) is 6.71. The lowest BCUT2D eigenvalue weighted by molar-refractivity contribution is -0.131. The fourth-order valence-corrected chi connectivity index (χ4v) is 4.23. The minimum atomic E-state index is -0.0493. The zero-order valence-corrected chi connectivity index (χ0v) is 13.7. The van der Waals surface area contributed by atoms with E-state index in [-0.39, 0.29) is 5.60 Å². The smallest absolute Gasteiger partial charge is 0.147 e. The molecular formula is C17H26N4O2. The molecule has 1 spiro atoms. The molecular weight excluding hydrogens is 292 g/mol. The molecule has 0 aromatic carbocycles. The van der Waals surface area contributed by atoms with Gasteiger partial charge in [-0.25, -0.2) is 4.98 Å². The molecule has 0 unspecified atom stereocenters. The zero-order chi connectivity index (χ0) is 15.5. The Hall–Kier alpha value is -1.24. The van der Waals surface area contributed by atoms with Crippen LogP contribution in [0.5, 0.6) is 0 Å². The third-order valence-corrected chi connectivity index (χ3v) is 5.40. The summed E-state index contributed by atoms with van der Waals surface area (Å²) in [6.07, 6.45) is 9.97. The van der Waals surface area contributed by atoms with Crippen molar-refractivity contribution in [3.8, 4) is 0 Å². The number of hydrogen-bond donors (Lipinski definition) is 0. The monoisotopic (exact) mass is 318 g/mol. The van der Waals surface area contributed by atoms with Gasteiger partial charge in [0, 0.05) is 57.8 Å². The van der Waals surface area contributed by atoms with Crippen molar-refractivity contribution >= 4 is 5.82 Å². The van der Waals surface area contributed by atoms with Crippen LogP contribution >= 0.6 is 0 Å². The highest BCUT2D eigenvalue weighted by Gasteiger charge is 2.42. The van der Waals surface area contributed by atoms with Crippen molar-refractivity contribution in [2.24, 2.45) is 0 Å². The van der Waals surface area contributed by atoms with Gasteiger partial charge in [0.1, 0.15) is 5.82 Å². The Morgan fingerprint density at radius 3 is 2.83 bits per heavy atom. The second-order valence-corrected chi connectivity index (χ2v) is 6.93. The molecule has 3 aliphatic heterocycles. The number of rotatable bonds is 2. The number of anilines is 1. The van der Waals surface area contributed by atoms with Crippen LogP contribution in [0.4, 0.5) is 5.82 Å². The van der Waals surface area contributed by atoms with Gasteiger partial charge in [-0.15, -0.1) is 0 Å². The lowest BCUT2D eigenvalue weighted by atomic mass is 9.89. The summed E-state index contributed by atoms with van der Waals surface area (Å²) in [5.74, 6) is 0.971. The fourth-order valence-electron chi connectivity index (χ4n) is 4.23. The van der Waals surface area contributed by atoms with Gasteiger partial charge in [0.05, 0.1) is 18.4 Å². The van der Waals surface area contributed by atoms with Gasteiger partial charge in [-0.1, -0.05) is 0 Å². The van der Waals surface area contributed by atoms with E-state index in [0.29, 0.717) is 6.04 Å². The van der Waals surface area contributed by atoms with Gasteiger partial charge in [0.2, 0.25) is 0 Å². The first-order chi connectivity index (χ1) is 11.3. The molecule has 4 rings (SSSR count). The summed E-state index contributed by atoms with van der Waals surface area (Å²) >= 11 is 0. The molecule has 0 aliphatic carbocycles. The third kappa shape index (κ3) is 3.34. The highest BCUT2D eigenvalue weighted by Crippen LogP contribution is 2.32. The molecule has 0 amide bonds. The molecule has 1 aromatic heterocycles. The molecule has 4 heterocycles. The standard InChI is InChI=1S/C17H26N4O2/c1-4-17(14-21(7-1)16-12-18-5-6-19-16)13-20(8-11-23-17)15-2-9-22-10-3-15/h5-6,12,15H,1-4,7-11,13-14H2/t17-/m0/s1. The molecule has 23 heavy (non-hydrogen) atoms. The molecule has 1 aromatic rings. The first-order valence-electron chi connectivity index (χ1n) is 8.81. The lowest BCUT2D eigenvalue weighted by Crippen LogP contribution is -2.62. The molecule has 0 radical (unpaired) electrons. The van der Waals surface area contributed by atoms with Crippen LogP contribution in [0.3, 0.4) is 0 Å². The maximum Gasteiger partial charge on any atom is 0.147 e. The number of ether oxygens (including phenoxy) is 2. The SMILES string of the molecule is c1cnc(N2CCC[C@@]3(C2)CN(C2CCOCC2)CCO3)cn1. The Morgan fingerprint density at radius 2 is 2.00 bits per heavy atom. The quantitative estimate of drug-likeness (QED) is 0.820. The van der Waals surface area contributed by atoms with Gasteiger partial charge in [-0.3, -0.25) is 9.88 Å². The topological polar surface area (TPSA) is 50.7 Å². The van der Waals surface area contributed by atoms with Crippen molar-refractivity contribution in [1.29, 1.82) is 0 Å². The van der Waals surface area contributed by atoms with Crippen LogP contribution in [0.1, 0.15) is 25.7 Å². The molecule has 0 saturated carbocycles. The van der Waals surface area contributed by atoms with E-state index in [4.69, 9.17) is 9.47 Å². The number of hydrogen-bond acceptors (Lipinski definition) is 6. The molecule has 6 nitrogen and oxygen atoms in total. The summed E-state index contributed by atoms with van der Waals surface area (Å²) in [5.41, 5.74) is -0.0493. The Kier molecular flexibility index (Phi) is 4.46. The molecule has 3 saturated heterocycles. The van der Waals surface area contributed by atoms with Crippen LogP contribution in [0.2, 0.25) is 0 Å². The Morgan fingerprint density at radius 1 is 1.09 bits per heavy atom. The maximum atomic E-state index is 6.32. The number of nitrogens with zero attached hydrogens (tertiary/aromatic N) is 4. The van der Waals surface area contributed by atoms with E-state index >= 15 is 0 Å². The Bertz CT molecular complexity index is 505. The normalized spacial score (nSPS) is 30.7. The van der Waals surface area contributed by atoms with Crippen LogP contribution in [0, 0.1) is 0 Å². The Balaban J connectivity index is 1.46. The molecule has 6 heteroatoms. The van der Waals surface area contributed by atoms with Gasteiger partial charge in [-0.05, 0) is 25.7 Å². The van der Waals surface area contributed by atoms with Gasteiger partial charge in [0.25, 0.3) is 0 Å². The van der Waals surface area contributed by atoms with E-state index in [1.165, 1.54) is 0 Å². The highest BCUT2D eigenvalue weighted by atomic mass is 16.5. The Labute approximate surface area is 137 Å². The van der Waals surface area contributed by atoms with Crippen LogP contribution in [-0.2, 0) is 9.47 Å². The molecule has 3 aliphatic rings. The van der Waals surface area contributed by atoms with E-state index in [2.05, 4.69) is 19.8 Å². The van der Waals surface area contributed by atoms with Crippen molar-refractivity contribution in [3.05, 3.63) is 18.6 Å². The van der Waals surface area contributed by atoms with E-state index in [1.807, 2.05) is 6.20 Å². The van der Waals surface area contributed by atoms with Crippen molar-refractivity contribution in [2.45, 2.75) is 37.3 Å². The maximum absolute atomic E-state index is 6.32. The molecule has 0 bridgehead atoms. The minimum absolute atomic E-state index is 0.0493. The van der Waals surface area contributed by atoms with Crippen molar-refractivity contribution in [2.75, 3.05) is 50.9 Å². The first-order valence-corrected chi connectivity index (χ1v) is 8.81. The van der Waals surface area contributed by atoms with Gasteiger partial charge < -0.3 is 14.4 Å². The molecule has 1 atom stereocenters. The summed E-state index contributed by atoms with van der Waals surface area (Å²) in [7, 11) is 0. The van der Waals surface area contributed by atoms with Gasteiger partial charge >= 0.3 is 0 Å². The third-order valence-electron chi connectivity index (χ3n) is 5.40. The average Bonchev–Trinajstić information content (AvgIpc) is 2.63. The summed E-state index contributed by atoms with van der Waals surface area (Å²) in [6.45, 7) is 6.70. The van der Waals surface area contributed by atoms with Crippen LogP contribution in [0.15, 0.2) is 18.6 Å². The second-order valence-electron chi connectivity index (χ2n) is 6.93. The number of piperidine rings is 1. The predicted molar refractivity (Wildman–Crippen MR) is 87.6 cm³/mol. The first kappa shape index (κ1) is 15.3. The number of morpholine rings is 1. The largest absolute Gasteiger partial charge is 0.381 e. The molecule has 0 N–H and O–H groups in total. The van der Waals surface area contributed by atoms with Crippen LogP contribution < -0.4 is 4.90 Å². The van der Waals surface area contributed by atoms with Crippen LogP contribution in [-0.4, -0.2) is 72.5 Å².